The Kier molecular flexibility index (Phi) is 5.59. The molecule has 16 heavy (non-hydrogen) atoms. The first-order chi connectivity index (χ1) is 7.67. The summed E-state index contributed by atoms with van der Waals surface area (Å²) >= 11 is 7.22. The number of carbonyl (C=O) groups is 1. The normalized spacial score (nSPS) is 12.2. The van der Waals surface area contributed by atoms with Crippen molar-refractivity contribution in [1.29, 1.82) is 0 Å². The van der Waals surface area contributed by atoms with E-state index < -0.39 is 0 Å². The zero-order chi connectivity index (χ0) is 12.0. The molecule has 1 amide bonds. The third kappa shape index (κ3) is 4.00. The minimum atomic E-state index is -0.212. The van der Waals surface area contributed by atoms with Gasteiger partial charge >= 0.3 is 0 Å². The molecule has 0 fully saturated rings. The van der Waals surface area contributed by atoms with E-state index in [0.29, 0.717) is 23.8 Å². The topological polar surface area (TPSA) is 47.6 Å². The van der Waals surface area contributed by atoms with Gasteiger partial charge in [0.1, 0.15) is 5.75 Å². The molecule has 0 saturated carbocycles. The van der Waals surface area contributed by atoms with E-state index in [1.807, 2.05) is 0 Å². The van der Waals surface area contributed by atoms with Crippen LogP contribution >= 0.6 is 22.9 Å². The summed E-state index contributed by atoms with van der Waals surface area (Å²) in [7, 11) is 3.14. The van der Waals surface area contributed by atoms with E-state index in [1.165, 1.54) is 11.3 Å². The SMILES string of the molecule is COCC(Cl)CNC(=O)c1cc(OC)cs1. The average molecular weight is 264 g/mol. The molecule has 0 aliphatic heterocycles. The highest BCUT2D eigenvalue weighted by Crippen LogP contribution is 2.20. The molecule has 0 radical (unpaired) electrons. The van der Waals surface area contributed by atoms with Crippen LogP contribution in [0.4, 0.5) is 0 Å². The molecule has 0 saturated heterocycles. The monoisotopic (exact) mass is 263 g/mol. The molecule has 1 aromatic rings. The molecule has 1 N–H and O–H groups in total. The minimum absolute atomic E-state index is 0.143. The maximum atomic E-state index is 11.6. The lowest BCUT2D eigenvalue weighted by molar-refractivity contribution is 0.0953. The molecule has 0 aromatic carbocycles. The molecular weight excluding hydrogens is 250 g/mol. The van der Waals surface area contributed by atoms with Crippen molar-refractivity contribution < 1.29 is 14.3 Å². The van der Waals surface area contributed by atoms with E-state index in [-0.39, 0.29) is 11.3 Å². The molecule has 0 aliphatic rings. The predicted octanol–water partition coefficient (Wildman–Crippen LogP) is 1.74. The number of hydrogen-bond donors (Lipinski definition) is 1. The Hall–Kier alpha value is -0.780. The standard InChI is InChI=1S/C10H14ClNO3S/c1-14-5-7(11)4-12-10(13)9-3-8(15-2)6-16-9/h3,6-7H,4-5H2,1-2H3,(H,12,13). The summed E-state index contributed by atoms with van der Waals surface area (Å²) in [6, 6.07) is 1.69. The lowest BCUT2D eigenvalue weighted by atomic mass is 10.4. The Bertz CT molecular complexity index is 343. The number of methoxy groups -OCH3 is 2. The first-order valence-corrected chi connectivity index (χ1v) is 6.02. The molecule has 1 heterocycles. The van der Waals surface area contributed by atoms with Crippen molar-refractivity contribution in [2.24, 2.45) is 0 Å². The second-order valence-electron chi connectivity index (χ2n) is 3.11. The summed E-state index contributed by atoms with van der Waals surface area (Å²) in [6.07, 6.45) is 0. The van der Waals surface area contributed by atoms with Crippen molar-refractivity contribution >= 4 is 28.8 Å². The molecule has 4 nitrogen and oxygen atoms in total. The van der Waals surface area contributed by atoms with Crippen LogP contribution in [0.15, 0.2) is 11.4 Å². The van der Waals surface area contributed by atoms with Gasteiger partial charge in [-0.25, -0.2) is 0 Å². The maximum Gasteiger partial charge on any atom is 0.261 e. The number of thiophene rings is 1. The fourth-order valence-electron chi connectivity index (χ4n) is 1.08. The van der Waals surface area contributed by atoms with Crippen LogP contribution in [0.25, 0.3) is 0 Å². The van der Waals surface area contributed by atoms with Crippen molar-refractivity contribution in [1.82, 2.24) is 5.32 Å². The van der Waals surface area contributed by atoms with Gasteiger partial charge in [-0.05, 0) is 0 Å². The van der Waals surface area contributed by atoms with Crippen LogP contribution in [0, 0.1) is 0 Å². The second-order valence-corrected chi connectivity index (χ2v) is 4.64. The van der Waals surface area contributed by atoms with Crippen molar-refractivity contribution in [3.05, 3.63) is 16.3 Å². The molecule has 1 atom stereocenters. The van der Waals surface area contributed by atoms with Crippen LogP contribution in [-0.2, 0) is 4.74 Å². The van der Waals surface area contributed by atoms with E-state index in [2.05, 4.69) is 5.32 Å². The third-order valence-corrected chi connectivity index (χ3v) is 3.05. The molecular formula is C10H14ClNO3S. The summed E-state index contributed by atoms with van der Waals surface area (Å²) in [5, 5.41) is 4.29. The molecule has 0 spiro atoms. The largest absolute Gasteiger partial charge is 0.496 e. The van der Waals surface area contributed by atoms with Gasteiger partial charge in [0.25, 0.3) is 5.91 Å². The van der Waals surface area contributed by atoms with Crippen LogP contribution in [0.5, 0.6) is 5.75 Å². The van der Waals surface area contributed by atoms with Crippen LogP contribution in [0.1, 0.15) is 9.67 Å². The number of rotatable bonds is 6. The molecule has 1 unspecified atom stereocenters. The number of halogens is 1. The predicted molar refractivity (Wildman–Crippen MR) is 64.7 cm³/mol. The summed E-state index contributed by atoms with van der Waals surface area (Å²) in [6.45, 7) is 0.796. The van der Waals surface area contributed by atoms with Crippen molar-refractivity contribution in [3.8, 4) is 5.75 Å². The highest BCUT2D eigenvalue weighted by Gasteiger charge is 2.11. The van der Waals surface area contributed by atoms with Crippen molar-refractivity contribution in [2.45, 2.75) is 5.38 Å². The highest BCUT2D eigenvalue weighted by molar-refractivity contribution is 7.12. The Morgan fingerprint density at radius 2 is 2.38 bits per heavy atom. The Labute approximate surface area is 104 Å². The maximum absolute atomic E-state index is 11.6. The Balaban J connectivity index is 2.40. The smallest absolute Gasteiger partial charge is 0.261 e. The first-order valence-electron chi connectivity index (χ1n) is 4.71. The van der Waals surface area contributed by atoms with Crippen LogP contribution in [-0.4, -0.2) is 38.7 Å². The quantitative estimate of drug-likeness (QED) is 0.796. The Morgan fingerprint density at radius 1 is 1.62 bits per heavy atom. The molecule has 0 aliphatic carbocycles. The van der Waals surface area contributed by atoms with E-state index in [9.17, 15) is 4.79 Å². The highest BCUT2D eigenvalue weighted by atomic mass is 35.5. The zero-order valence-electron chi connectivity index (χ0n) is 9.16. The van der Waals surface area contributed by atoms with Gasteiger partial charge in [0.05, 0.1) is 24.0 Å². The van der Waals surface area contributed by atoms with Crippen LogP contribution < -0.4 is 10.1 Å². The van der Waals surface area contributed by atoms with Gasteiger partial charge in [0, 0.05) is 25.1 Å². The van der Waals surface area contributed by atoms with Crippen molar-refractivity contribution in [3.63, 3.8) is 0 Å². The molecule has 6 heteroatoms. The third-order valence-electron chi connectivity index (χ3n) is 1.87. The van der Waals surface area contributed by atoms with Crippen LogP contribution in [0.2, 0.25) is 0 Å². The van der Waals surface area contributed by atoms with Gasteiger partial charge < -0.3 is 14.8 Å². The van der Waals surface area contributed by atoms with Gasteiger partial charge in [-0.15, -0.1) is 22.9 Å². The molecule has 1 aromatic heterocycles. The number of carbonyl (C=O) groups excluding carboxylic acids is 1. The number of nitrogens with one attached hydrogen (secondary N) is 1. The van der Waals surface area contributed by atoms with E-state index >= 15 is 0 Å². The molecule has 0 bridgehead atoms. The molecule has 1 rings (SSSR count). The lowest BCUT2D eigenvalue weighted by Crippen LogP contribution is -2.31. The number of hydrogen-bond acceptors (Lipinski definition) is 4. The van der Waals surface area contributed by atoms with E-state index in [1.54, 1.807) is 25.7 Å². The fraction of sp³-hybridized carbons (Fsp3) is 0.500. The first kappa shape index (κ1) is 13.3. The van der Waals surface area contributed by atoms with Crippen molar-refractivity contribution in [2.75, 3.05) is 27.4 Å². The molecule has 90 valence electrons. The number of amides is 1. The summed E-state index contributed by atoms with van der Waals surface area (Å²) in [5.74, 6) is 0.546. The zero-order valence-corrected chi connectivity index (χ0v) is 10.7. The average Bonchev–Trinajstić information content (AvgIpc) is 2.75. The second kappa shape index (κ2) is 6.73. The number of alkyl halides is 1. The summed E-state index contributed by atoms with van der Waals surface area (Å²) in [5.41, 5.74) is 0. The van der Waals surface area contributed by atoms with Gasteiger partial charge in [-0.1, -0.05) is 0 Å². The Morgan fingerprint density at radius 3 is 2.94 bits per heavy atom. The minimum Gasteiger partial charge on any atom is -0.496 e. The van der Waals surface area contributed by atoms with Crippen LogP contribution in [0.3, 0.4) is 0 Å². The van der Waals surface area contributed by atoms with Gasteiger partial charge in [0.2, 0.25) is 0 Å². The summed E-state index contributed by atoms with van der Waals surface area (Å²) < 4.78 is 9.86. The number of ether oxygens (including phenoxy) is 2. The lowest BCUT2D eigenvalue weighted by Gasteiger charge is -2.08. The van der Waals surface area contributed by atoms with Gasteiger partial charge in [-0.2, -0.15) is 0 Å². The summed E-state index contributed by atoms with van der Waals surface area (Å²) in [4.78, 5) is 12.2. The van der Waals surface area contributed by atoms with E-state index in [4.69, 9.17) is 21.1 Å². The van der Waals surface area contributed by atoms with Gasteiger partial charge in [0.15, 0.2) is 0 Å². The van der Waals surface area contributed by atoms with Gasteiger partial charge in [-0.3, -0.25) is 4.79 Å². The van der Waals surface area contributed by atoms with E-state index in [0.717, 1.165) is 0 Å². The fourth-order valence-corrected chi connectivity index (χ4v) is 2.05.